The molecule has 0 unspecified atom stereocenters. The minimum atomic E-state index is 0.698. The average molecular weight is 359 g/mol. The van der Waals surface area contributed by atoms with E-state index >= 15 is 0 Å². The van der Waals surface area contributed by atoms with Crippen molar-refractivity contribution in [3.05, 3.63) is 77.9 Å². The van der Waals surface area contributed by atoms with Gasteiger partial charge in [0.05, 0.1) is 0 Å². The molecule has 0 N–H and O–H groups in total. The van der Waals surface area contributed by atoms with E-state index in [9.17, 15) is 0 Å². The standard InChI is InChI=1S/C11H13Cl.C11H11Cl/c2*12-10-6-2-5-9-11-7-3-1-4-8-11/h1,3-5,7-9H,2,6,10H2;1,3-4,7-8H,2,6,10H2/b9-5-;. The van der Waals surface area contributed by atoms with Gasteiger partial charge < -0.3 is 0 Å². The summed E-state index contributed by atoms with van der Waals surface area (Å²) < 4.78 is 0. The molecule has 2 heteroatoms. The molecule has 24 heavy (non-hydrogen) atoms. The summed E-state index contributed by atoms with van der Waals surface area (Å²) in [7, 11) is 0. The van der Waals surface area contributed by atoms with Crippen LogP contribution in [0.2, 0.25) is 0 Å². The fourth-order valence-corrected chi connectivity index (χ4v) is 2.11. The van der Waals surface area contributed by atoms with Gasteiger partial charge in [0, 0.05) is 23.7 Å². The van der Waals surface area contributed by atoms with E-state index in [0.29, 0.717) is 5.88 Å². The van der Waals surface area contributed by atoms with Gasteiger partial charge in [0.1, 0.15) is 0 Å². The Hall–Kier alpha value is -1.68. The molecule has 0 saturated carbocycles. The Kier molecular flexibility index (Phi) is 12.6. The van der Waals surface area contributed by atoms with Gasteiger partial charge in [-0.2, -0.15) is 0 Å². The number of benzene rings is 2. The Bertz CT molecular complexity index is 607. The molecular formula is C22H24Cl2. The van der Waals surface area contributed by atoms with Gasteiger partial charge in [-0.15, -0.1) is 23.2 Å². The van der Waals surface area contributed by atoms with Crippen LogP contribution in [0.25, 0.3) is 6.08 Å². The van der Waals surface area contributed by atoms with Gasteiger partial charge in [0.2, 0.25) is 0 Å². The summed E-state index contributed by atoms with van der Waals surface area (Å²) in [6.45, 7) is 0. The van der Waals surface area contributed by atoms with Gasteiger partial charge in [0.25, 0.3) is 0 Å². The van der Waals surface area contributed by atoms with Crippen LogP contribution in [0.3, 0.4) is 0 Å². The van der Waals surface area contributed by atoms with E-state index in [1.54, 1.807) is 0 Å². The van der Waals surface area contributed by atoms with Gasteiger partial charge in [-0.1, -0.05) is 72.5 Å². The van der Waals surface area contributed by atoms with Crippen LogP contribution in [0.4, 0.5) is 0 Å². The molecule has 0 aliphatic rings. The summed E-state index contributed by atoms with van der Waals surface area (Å²) in [5, 5.41) is 0. The van der Waals surface area contributed by atoms with Crippen LogP contribution in [0.5, 0.6) is 0 Å². The second-order valence-corrected chi connectivity index (χ2v) is 5.86. The first kappa shape index (κ1) is 20.4. The molecule has 0 amide bonds. The summed E-state index contributed by atoms with van der Waals surface area (Å²) in [6, 6.07) is 20.3. The average Bonchev–Trinajstić information content (AvgIpc) is 2.65. The predicted molar refractivity (Wildman–Crippen MR) is 109 cm³/mol. The quantitative estimate of drug-likeness (QED) is 0.303. The minimum Gasteiger partial charge on any atom is -0.127 e. The van der Waals surface area contributed by atoms with E-state index in [1.165, 1.54) is 5.56 Å². The lowest BCUT2D eigenvalue weighted by Gasteiger charge is -1.90. The fraction of sp³-hybridized carbons (Fsp3) is 0.273. The lowest BCUT2D eigenvalue weighted by Crippen LogP contribution is -1.73. The Balaban J connectivity index is 0.000000240. The zero-order valence-corrected chi connectivity index (χ0v) is 15.4. The molecule has 2 aromatic carbocycles. The SMILES string of the molecule is ClCCC/C=C\c1ccccc1.ClCCCC#Cc1ccccc1. The van der Waals surface area contributed by atoms with Crippen molar-refractivity contribution >= 4 is 29.3 Å². The monoisotopic (exact) mass is 358 g/mol. The highest BCUT2D eigenvalue weighted by Crippen LogP contribution is 2.03. The number of rotatable bonds is 6. The zero-order chi connectivity index (χ0) is 17.3. The zero-order valence-electron chi connectivity index (χ0n) is 13.9. The third-order valence-corrected chi connectivity index (χ3v) is 3.59. The van der Waals surface area contributed by atoms with E-state index in [1.807, 2.05) is 48.5 Å². The normalized spacial score (nSPS) is 9.75. The molecule has 0 nitrogen and oxygen atoms in total. The summed E-state index contributed by atoms with van der Waals surface area (Å²) in [5.74, 6) is 7.59. The molecule has 0 aliphatic heterocycles. The van der Waals surface area contributed by atoms with Crippen LogP contribution in [-0.2, 0) is 0 Å². The van der Waals surface area contributed by atoms with E-state index in [-0.39, 0.29) is 0 Å². The molecule has 2 rings (SSSR count). The van der Waals surface area contributed by atoms with Crippen molar-refractivity contribution < 1.29 is 0 Å². The van der Waals surface area contributed by atoms with Crippen molar-refractivity contribution in [3.8, 4) is 11.8 Å². The van der Waals surface area contributed by atoms with Crippen molar-refractivity contribution in [1.29, 1.82) is 0 Å². The minimum absolute atomic E-state index is 0.698. The van der Waals surface area contributed by atoms with Gasteiger partial charge in [0.15, 0.2) is 0 Å². The van der Waals surface area contributed by atoms with Crippen LogP contribution in [0, 0.1) is 11.8 Å². The smallest absolute Gasteiger partial charge is 0.0245 e. The van der Waals surface area contributed by atoms with E-state index in [2.05, 4.69) is 36.1 Å². The highest BCUT2D eigenvalue weighted by atomic mass is 35.5. The molecular weight excluding hydrogens is 335 g/mol. The van der Waals surface area contributed by atoms with Crippen LogP contribution in [0.1, 0.15) is 36.8 Å². The Morgan fingerprint density at radius 1 is 0.792 bits per heavy atom. The molecule has 0 bridgehead atoms. The van der Waals surface area contributed by atoms with Gasteiger partial charge in [-0.05, 0) is 37.0 Å². The first-order valence-corrected chi connectivity index (χ1v) is 9.31. The largest absolute Gasteiger partial charge is 0.127 e. The molecule has 0 heterocycles. The number of halogens is 2. The molecule has 2 aromatic rings. The lowest BCUT2D eigenvalue weighted by atomic mass is 10.2. The second kappa shape index (κ2) is 14.9. The molecule has 0 radical (unpaired) electrons. The molecule has 0 spiro atoms. The van der Waals surface area contributed by atoms with Gasteiger partial charge in [-0.3, -0.25) is 0 Å². The van der Waals surface area contributed by atoms with Gasteiger partial charge >= 0.3 is 0 Å². The predicted octanol–water partition coefficient (Wildman–Crippen LogP) is 6.78. The molecule has 0 aliphatic carbocycles. The van der Waals surface area contributed by atoms with Crippen LogP contribution in [-0.4, -0.2) is 11.8 Å². The lowest BCUT2D eigenvalue weighted by molar-refractivity contribution is 0.970. The van der Waals surface area contributed by atoms with Crippen molar-refractivity contribution in [3.63, 3.8) is 0 Å². The first-order valence-electron chi connectivity index (χ1n) is 8.24. The molecule has 0 saturated heterocycles. The first-order chi connectivity index (χ1) is 11.9. The van der Waals surface area contributed by atoms with Crippen molar-refractivity contribution in [2.45, 2.75) is 25.7 Å². The topological polar surface area (TPSA) is 0 Å². The molecule has 0 atom stereocenters. The molecule has 0 aromatic heterocycles. The third kappa shape index (κ3) is 10.9. The highest BCUT2D eigenvalue weighted by Gasteiger charge is 1.83. The maximum Gasteiger partial charge on any atom is 0.0245 e. The molecule has 0 fully saturated rings. The summed E-state index contributed by atoms with van der Waals surface area (Å²) in [4.78, 5) is 0. The van der Waals surface area contributed by atoms with Crippen LogP contribution >= 0.6 is 23.2 Å². The summed E-state index contributed by atoms with van der Waals surface area (Å²) in [6.07, 6.45) is 8.29. The summed E-state index contributed by atoms with van der Waals surface area (Å²) in [5.41, 5.74) is 2.33. The third-order valence-electron chi connectivity index (χ3n) is 3.06. The fourth-order valence-electron chi connectivity index (χ4n) is 1.82. The van der Waals surface area contributed by atoms with Crippen molar-refractivity contribution in [1.82, 2.24) is 0 Å². The van der Waals surface area contributed by atoms with Crippen LogP contribution < -0.4 is 0 Å². The van der Waals surface area contributed by atoms with Crippen molar-refractivity contribution in [2.75, 3.05) is 11.8 Å². The second-order valence-electron chi connectivity index (χ2n) is 5.10. The van der Waals surface area contributed by atoms with E-state index in [0.717, 1.165) is 37.1 Å². The number of hydrogen-bond donors (Lipinski definition) is 0. The Labute approximate surface area is 156 Å². The van der Waals surface area contributed by atoms with Crippen LogP contribution in [0.15, 0.2) is 66.7 Å². The Morgan fingerprint density at radius 2 is 1.42 bits per heavy atom. The number of unbranched alkanes of at least 4 members (excludes halogenated alkanes) is 2. The molecule has 126 valence electrons. The maximum atomic E-state index is 5.55. The van der Waals surface area contributed by atoms with E-state index in [4.69, 9.17) is 23.2 Å². The summed E-state index contributed by atoms with van der Waals surface area (Å²) >= 11 is 11.1. The van der Waals surface area contributed by atoms with E-state index < -0.39 is 0 Å². The maximum absolute atomic E-state index is 5.55. The Morgan fingerprint density at radius 3 is 2.04 bits per heavy atom. The highest BCUT2D eigenvalue weighted by molar-refractivity contribution is 6.18. The van der Waals surface area contributed by atoms with Gasteiger partial charge in [-0.25, -0.2) is 0 Å². The number of alkyl halides is 2. The number of hydrogen-bond acceptors (Lipinski definition) is 0. The van der Waals surface area contributed by atoms with Crippen molar-refractivity contribution in [2.24, 2.45) is 0 Å². The number of allylic oxidation sites excluding steroid dienone is 1.